The molecule has 2 aromatic carbocycles. The lowest BCUT2D eigenvalue weighted by atomic mass is 9.82. The highest BCUT2D eigenvalue weighted by atomic mass is 28.4. The minimum absolute atomic E-state index is 0.0630. The Kier molecular flexibility index (Phi) is 10.8. The van der Waals surface area contributed by atoms with E-state index in [9.17, 15) is 19.5 Å². The van der Waals surface area contributed by atoms with Gasteiger partial charge in [0.15, 0.2) is 5.60 Å². The van der Waals surface area contributed by atoms with Crippen molar-refractivity contribution in [2.45, 2.75) is 96.3 Å². The molecule has 9 nitrogen and oxygen atoms in total. The van der Waals surface area contributed by atoms with Crippen molar-refractivity contribution in [2.75, 3.05) is 42.6 Å². The monoisotopic (exact) mass is 716 g/mol. The Balaban J connectivity index is 1.37. The van der Waals surface area contributed by atoms with Crippen molar-refractivity contribution < 1.29 is 28.3 Å². The molecule has 1 spiro atoms. The number of benzene rings is 2. The van der Waals surface area contributed by atoms with Gasteiger partial charge in [0.1, 0.15) is 0 Å². The van der Waals surface area contributed by atoms with E-state index >= 15 is 4.11 Å². The van der Waals surface area contributed by atoms with Crippen LogP contribution in [0.1, 0.15) is 63.6 Å². The van der Waals surface area contributed by atoms with E-state index in [1.54, 1.807) is 27.8 Å². The number of amides is 3. The molecule has 0 radical (unpaired) electrons. The Morgan fingerprint density at radius 1 is 1.12 bits per heavy atom. The maximum absolute atomic E-state index is 16.6. The largest absolute Gasteiger partial charge is 0.394 e. The Labute approximate surface area is 302 Å². The first-order valence-electron chi connectivity index (χ1n) is 18.4. The molecule has 4 aliphatic rings. The number of anilines is 2. The van der Waals surface area contributed by atoms with Crippen LogP contribution in [0.2, 0.25) is 18.6 Å². The lowest BCUT2D eigenvalue weighted by Gasteiger charge is -2.37. The molecule has 4 heterocycles. The van der Waals surface area contributed by atoms with Gasteiger partial charge in [0.25, 0.3) is 5.91 Å². The van der Waals surface area contributed by atoms with Crippen LogP contribution in [0.25, 0.3) is 0 Å². The zero-order valence-corrected chi connectivity index (χ0v) is 31.9. The SMILES string of the molecule is CC(C)=CCC/C(C)=C/CN1C(=O)[C@@]2(O[C@@H](CC(=O)N3Cc4ccccc4C[C@H]3CO)[C@H]([Si](C)(C)F)[C@H]2C)c2cc(N3CCNCC3=O)ccc21. The topological polar surface area (TPSA) is 102 Å². The molecule has 5 atom stereocenters. The molecule has 274 valence electrons. The Bertz CT molecular complexity index is 1740. The molecule has 0 saturated carbocycles. The van der Waals surface area contributed by atoms with Crippen molar-refractivity contribution in [2.24, 2.45) is 5.92 Å². The van der Waals surface area contributed by atoms with Gasteiger partial charge < -0.3 is 34.0 Å². The van der Waals surface area contributed by atoms with Crippen LogP contribution in [-0.4, -0.2) is 81.1 Å². The Morgan fingerprint density at radius 3 is 2.55 bits per heavy atom. The third-order valence-corrected chi connectivity index (χ3v) is 13.8. The average molecular weight is 717 g/mol. The van der Waals surface area contributed by atoms with Crippen LogP contribution in [-0.2, 0) is 37.7 Å². The molecule has 2 N–H and O–H groups in total. The highest BCUT2D eigenvalue weighted by Crippen LogP contribution is 2.60. The molecule has 0 bridgehead atoms. The molecule has 6 rings (SSSR count). The maximum atomic E-state index is 16.6. The molecule has 2 saturated heterocycles. The van der Waals surface area contributed by atoms with E-state index in [0.717, 1.165) is 29.5 Å². The third-order valence-electron chi connectivity index (χ3n) is 11.3. The van der Waals surface area contributed by atoms with Crippen LogP contribution in [0, 0.1) is 5.92 Å². The van der Waals surface area contributed by atoms with Crippen LogP contribution in [0.5, 0.6) is 0 Å². The van der Waals surface area contributed by atoms with Crippen molar-refractivity contribution in [1.29, 1.82) is 0 Å². The molecule has 0 unspecified atom stereocenters. The number of aliphatic hydroxyl groups is 1. The molecular formula is C40H53FN4O5Si. The van der Waals surface area contributed by atoms with E-state index < -0.39 is 37.6 Å². The zero-order chi connectivity index (χ0) is 36.7. The average Bonchev–Trinajstić information content (AvgIpc) is 3.52. The van der Waals surface area contributed by atoms with Gasteiger partial charge in [-0.1, -0.05) is 54.5 Å². The number of hydrogen-bond acceptors (Lipinski definition) is 6. The third kappa shape index (κ3) is 7.10. The number of aliphatic hydroxyl groups excluding tert-OH is 1. The summed E-state index contributed by atoms with van der Waals surface area (Å²) in [5.74, 6) is -1.13. The second-order valence-electron chi connectivity index (χ2n) is 15.5. The fourth-order valence-electron chi connectivity index (χ4n) is 8.73. The molecule has 2 aromatic rings. The van der Waals surface area contributed by atoms with Crippen LogP contribution >= 0.6 is 0 Å². The van der Waals surface area contributed by atoms with Crippen molar-refractivity contribution in [3.63, 3.8) is 0 Å². The first-order valence-corrected chi connectivity index (χ1v) is 21.3. The predicted molar refractivity (Wildman–Crippen MR) is 201 cm³/mol. The van der Waals surface area contributed by atoms with Crippen LogP contribution in [0.3, 0.4) is 0 Å². The van der Waals surface area contributed by atoms with Gasteiger partial charge in [0, 0.05) is 48.9 Å². The number of ether oxygens (including phenoxy) is 1. The van der Waals surface area contributed by atoms with E-state index in [0.29, 0.717) is 49.5 Å². The number of fused-ring (bicyclic) bond motifs is 3. The number of carbonyl (C=O) groups is 3. The summed E-state index contributed by atoms with van der Waals surface area (Å²) < 4.78 is 23.6. The molecule has 0 aliphatic carbocycles. The molecule has 0 aromatic heterocycles. The van der Waals surface area contributed by atoms with Gasteiger partial charge in [-0.05, 0) is 82.5 Å². The van der Waals surface area contributed by atoms with Crippen molar-refractivity contribution in [3.05, 3.63) is 82.5 Å². The highest BCUT2D eigenvalue weighted by Gasteiger charge is 2.67. The Hall–Kier alpha value is -3.64. The second kappa shape index (κ2) is 14.8. The molecule has 2 fully saturated rings. The predicted octanol–water partition coefficient (Wildman–Crippen LogP) is 5.77. The van der Waals surface area contributed by atoms with Gasteiger partial charge >= 0.3 is 0 Å². The number of piperazine rings is 1. The first-order chi connectivity index (χ1) is 24.3. The smallest absolute Gasteiger partial charge is 0.264 e. The van der Waals surface area contributed by atoms with E-state index in [4.69, 9.17) is 4.74 Å². The summed E-state index contributed by atoms with van der Waals surface area (Å²) in [5.41, 5.74) is 4.35. The molecular weight excluding hydrogens is 664 g/mol. The Morgan fingerprint density at radius 2 is 1.86 bits per heavy atom. The summed E-state index contributed by atoms with van der Waals surface area (Å²) in [6, 6.07) is 13.2. The lowest BCUT2D eigenvalue weighted by Crippen LogP contribution is -2.48. The number of halogens is 1. The molecule has 11 heteroatoms. The number of allylic oxidation sites excluding steroid dienone is 3. The molecule has 4 aliphatic heterocycles. The number of carbonyl (C=O) groups excluding carboxylic acids is 3. The lowest BCUT2D eigenvalue weighted by molar-refractivity contribution is -0.150. The fourth-order valence-corrected chi connectivity index (χ4v) is 11.2. The highest BCUT2D eigenvalue weighted by molar-refractivity contribution is 6.72. The summed E-state index contributed by atoms with van der Waals surface area (Å²) in [7, 11) is -3.54. The van der Waals surface area contributed by atoms with Gasteiger partial charge in [0.2, 0.25) is 20.2 Å². The van der Waals surface area contributed by atoms with Crippen LogP contribution in [0.4, 0.5) is 15.5 Å². The van der Waals surface area contributed by atoms with Gasteiger partial charge in [-0.2, -0.15) is 0 Å². The summed E-state index contributed by atoms with van der Waals surface area (Å²) in [6.45, 7) is 13.2. The van der Waals surface area contributed by atoms with Crippen LogP contribution in [0.15, 0.2) is 65.8 Å². The summed E-state index contributed by atoms with van der Waals surface area (Å²) >= 11 is 0. The van der Waals surface area contributed by atoms with Crippen LogP contribution < -0.4 is 15.1 Å². The standard InChI is InChI=1S/C40H53FN4O5Si/c1-26(2)10-9-11-27(3)16-18-44-34-15-14-31(43-19-17-42-23-37(43)48)21-33(34)40(39(44)49)28(4)38(51(5,6)41)35(50-40)22-36(47)45-24-30-13-8-7-12-29(30)20-32(45)25-46/h7-8,10,12-16,21,28,32,35,38,42,46H,9,11,17-20,22-25H2,1-6H3/b27-16+/t28-,32+,35+,38-,40+/m1/s1. The minimum atomic E-state index is -3.54. The van der Waals surface area contributed by atoms with Gasteiger partial charge in [0.05, 0.1) is 37.4 Å². The normalized spacial score (nSPS) is 26.5. The summed E-state index contributed by atoms with van der Waals surface area (Å²) in [4.78, 5) is 47.3. The number of hydrogen-bond donors (Lipinski definition) is 2. The quantitative estimate of drug-likeness (QED) is 0.184. The van der Waals surface area contributed by atoms with Gasteiger partial charge in [-0.3, -0.25) is 14.4 Å². The van der Waals surface area contributed by atoms with E-state index in [2.05, 4.69) is 38.2 Å². The maximum Gasteiger partial charge on any atom is 0.264 e. The fraction of sp³-hybridized carbons (Fsp3) is 0.525. The van der Waals surface area contributed by atoms with Crippen molar-refractivity contribution in [3.8, 4) is 0 Å². The zero-order valence-electron chi connectivity index (χ0n) is 30.9. The summed E-state index contributed by atoms with van der Waals surface area (Å²) in [5, 5.41) is 13.4. The molecule has 3 amide bonds. The second-order valence-corrected chi connectivity index (χ2v) is 19.3. The van der Waals surface area contributed by atoms with Gasteiger partial charge in [-0.15, -0.1) is 0 Å². The van der Waals surface area contributed by atoms with Crippen molar-refractivity contribution in [1.82, 2.24) is 10.2 Å². The minimum Gasteiger partial charge on any atom is -0.394 e. The van der Waals surface area contributed by atoms with E-state index in [1.807, 2.05) is 49.4 Å². The van der Waals surface area contributed by atoms with E-state index in [1.165, 1.54) is 5.57 Å². The number of rotatable bonds is 10. The first kappa shape index (κ1) is 37.1. The van der Waals surface area contributed by atoms with E-state index in [-0.39, 0.29) is 37.3 Å². The number of nitrogens with one attached hydrogen (secondary N) is 1. The summed E-state index contributed by atoms with van der Waals surface area (Å²) in [6.07, 6.45) is 5.64. The molecule has 51 heavy (non-hydrogen) atoms. The van der Waals surface area contributed by atoms with Crippen molar-refractivity contribution >= 4 is 37.5 Å². The number of nitrogens with zero attached hydrogens (tertiary/aromatic N) is 3. The van der Waals surface area contributed by atoms with Gasteiger partial charge in [-0.25, -0.2) is 0 Å².